The SMILES string of the molecule is CO/N=C(\N)c1ccc(CNC(=O)[C@@H]2CCN2C(=O)[C@H](O)c2cc(Cl)cc(OC(F)F)c2)cc1.N/C(=N\O)c1ccc(CNC(=O)[C@@H]2CCN2C(=O)[C@H](O)c2cc(Cl)cc(OC(F)F)c2)cc1. The van der Waals surface area contributed by atoms with E-state index in [2.05, 4.69) is 35.3 Å². The van der Waals surface area contributed by atoms with Gasteiger partial charge in [-0.2, -0.15) is 17.6 Å². The van der Waals surface area contributed by atoms with E-state index in [1.807, 2.05) is 0 Å². The topological polar surface area (TPSA) is 264 Å². The van der Waals surface area contributed by atoms with Gasteiger partial charge in [0.15, 0.2) is 23.9 Å². The number of ether oxygens (including phenoxy) is 2. The highest BCUT2D eigenvalue weighted by Crippen LogP contribution is 2.31. The Morgan fingerprint density at radius 3 is 1.40 bits per heavy atom. The number of oxime groups is 2. The Bertz CT molecular complexity index is 2460. The number of hydrogen-bond donors (Lipinski definition) is 7. The molecule has 4 amide bonds. The van der Waals surface area contributed by atoms with Crippen molar-refractivity contribution in [3.05, 3.63) is 128 Å². The smallest absolute Gasteiger partial charge is 0.387 e. The van der Waals surface area contributed by atoms with Crippen molar-refractivity contribution in [2.24, 2.45) is 21.8 Å². The van der Waals surface area contributed by atoms with E-state index in [1.165, 1.54) is 29.0 Å². The first-order chi connectivity index (χ1) is 31.9. The summed E-state index contributed by atoms with van der Waals surface area (Å²) in [6.07, 6.45) is -2.57. The number of aliphatic hydroxyl groups is 2. The van der Waals surface area contributed by atoms with Crippen molar-refractivity contribution in [1.82, 2.24) is 20.4 Å². The molecule has 358 valence electrons. The van der Waals surface area contributed by atoms with Gasteiger partial charge in [0, 0.05) is 47.4 Å². The Kier molecular flexibility index (Phi) is 18.0. The summed E-state index contributed by atoms with van der Waals surface area (Å²) in [6.45, 7) is -5.27. The van der Waals surface area contributed by atoms with Gasteiger partial charge in [0.2, 0.25) is 11.8 Å². The molecule has 0 aromatic heterocycles. The van der Waals surface area contributed by atoms with Crippen LogP contribution >= 0.6 is 23.2 Å². The third-order valence-electron chi connectivity index (χ3n) is 10.3. The van der Waals surface area contributed by atoms with E-state index in [0.29, 0.717) is 24.0 Å². The number of amidine groups is 2. The maximum absolute atomic E-state index is 12.7. The molecule has 4 aromatic rings. The molecular weight excluding hydrogens is 935 g/mol. The van der Waals surface area contributed by atoms with E-state index in [4.69, 9.17) is 39.9 Å². The molecule has 2 aliphatic heterocycles. The van der Waals surface area contributed by atoms with E-state index >= 15 is 0 Å². The lowest BCUT2D eigenvalue weighted by Crippen LogP contribution is -2.59. The van der Waals surface area contributed by atoms with Crippen LogP contribution in [-0.4, -0.2) is 106 Å². The molecule has 18 nitrogen and oxygen atoms in total. The average molecular weight is 980 g/mol. The highest BCUT2D eigenvalue weighted by molar-refractivity contribution is 6.31. The monoisotopic (exact) mass is 978 g/mol. The van der Waals surface area contributed by atoms with Crippen LogP contribution in [0.15, 0.2) is 95.2 Å². The normalized spacial score (nSPS) is 16.7. The van der Waals surface area contributed by atoms with Gasteiger partial charge < -0.3 is 61.6 Å². The second-order valence-corrected chi connectivity index (χ2v) is 15.5. The third kappa shape index (κ3) is 13.8. The number of hydrogen-bond acceptors (Lipinski definition) is 12. The van der Waals surface area contributed by atoms with Crippen molar-refractivity contribution >= 4 is 58.5 Å². The Morgan fingerprint density at radius 1 is 0.687 bits per heavy atom. The summed E-state index contributed by atoms with van der Waals surface area (Å²) in [7, 11) is 1.39. The van der Waals surface area contributed by atoms with E-state index < -0.39 is 55.2 Å². The summed E-state index contributed by atoms with van der Waals surface area (Å²) in [6, 6.07) is 19.1. The quantitative estimate of drug-likeness (QED) is 0.0259. The summed E-state index contributed by atoms with van der Waals surface area (Å²) in [5.41, 5.74) is 13.9. The average Bonchev–Trinajstić information content (AvgIpc) is 3.25. The Morgan fingerprint density at radius 2 is 1.07 bits per heavy atom. The minimum atomic E-state index is -3.09. The lowest BCUT2D eigenvalue weighted by molar-refractivity contribution is -0.154. The molecule has 0 spiro atoms. The molecule has 2 saturated heterocycles. The van der Waals surface area contributed by atoms with Gasteiger partial charge in [0.05, 0.1) is 0 Å². The van der Waals surface area contributed by atoms with Crippen LogP contribution in [0.4, 0.5) is 17.6 Å². The van der Waals surface area contributed by atoms with Crippen LogP contribution in [0.2, 0.25) is 10.0 Å². The van der Waals surface area contributed by atoms with Gasteiger partial charge in [-0.1, -0.05) is 82.0 Å². The number of rotatable bonds is 17. The molecule has 0 radical (unpaired) electrons. The van der Waals surface area contributed by atoms with Crippen molar-refractivity contribution in [3.63, 3.8) is 0 Å². The lowest BCUT2D eigenvalue weighted by atomic mass is 9.98. The molecule has 2 fully saturated rings. The molecule has 0 bridgehead atoms. The van der Waals surface area contributed by atoms with Gasteiger partial charge in [-0.3, -0.25) is 19.2 Å². The number of amides is 4. The van der Waals surface area contributed by atoms with Crippen LogP contribution < -0.4 is 31.6 Å². The van der Waals surface area contributed by atoms with Gasteiger partial charge in [0.1, 0.15) is 30.7 Å². The molecule has 2 heterocycles. The number of aliphatic hydroxyl groups excluding tert-OH is 2. The number of nitrogens with zero attached hydrogens (tertiary/aromatic N) is 4. The molecule has 4 aromatic carbocycles. The first kappa shape index (κ1) is 51.1. The first-order valence-electron chi connectivity index (χ1n) is 19.9. The van der Waals surface area contributed by atoms with Crippen LogP contribution in [0.3, 0.4) is 0 Å². The van der Waals surface area contributed by atoms with Crippen LogP contribution in [0, 0.1) is 0 Å². The number of nitrogens with two attached hydrogens (primary N) is 2. The second-order valence-electron chi connectivity index (χ2n) is 14.6. The van der Waals surface area contributed by atoms with Crippen LogP contribution in [0.1, 0.15) is 58.4 Å². The second kappa shape index (κ2) is 23.5. The number of likely N-dealkylation sites (tertiary alicyclic amines) is 2. The zero-order chi connectivity index (χ0) is 48.9. The Labute approximate surface area is 389 Å². The predicted molar refractivity (Wildman–Crippen MR) is 233 cm³/mol. The summed E-state index contributed by atoms with van der Waals surface area (Å²) in [5, 5.41) is 41.6. The first-order valence-corrected chi connectivity index (χ1v) is 20.7. The zero-order valence-electron chi connectivity index (χ0n) is 35.2. The summed E-state index contributed by atoms with van der Waals surface area (Å²) in [4.78, 5) is 57.6. The van der Waals surface area contributed by atoms with Crippen molar-refractivity contribution < 1.29 is 66.5 Å². The number of halogens is 6. The molecule has 24 heteroatoms. The molecule has 0 aliphatic carbocycles. The number of carbonyl (C=O) groups is 4. The van der Waals surface area contributed by atoms with E-state index in [-0.39, 0.29) is 76.4 Å². The number of alkyl halides is 4. The maximum Gasteiger partial charge on any atom is 0.387 e. The third-order valence-corrected chi connectivity index (χ3v) is 10.7. The Hall–Kier alpha value is -6.88. The molecule has 0 saturated carbocycles. The molecule has 0 unspecified atom stereocenters. The summed E-state index contributed by atoms with van der Waals surface area (Å²) in [5.74, 6) is -2.70. The van der Waals surface area contributed by atoms with Gasteiger partial charge in [-0.05, 0) is 71.5 Å². The van der Waals surface area contributed by atoms with Gasteiger partial charge in [-0.15, -0.1) is 0 Å². The molecule has 6 rings (SSSR count). The molecule has 67 heavy (non-hydrogen) atoms. The molecule has 4 atom stereocenters. The van der Waals surface area contributed by atoms with E-state index in [1.54, 1.807) is 48.5 Å². The predicted octanol–water partition coefficient (Wildman–Crippen LogP) is 4.15. The minimum Gasteiger partial charge on any atom is -0.435 e. The number of benzene rings is 4. The van der Waals surface area contributed by atoms with Gasteiger partial charge in [-0.25, -0.2) is 0 Å². The fraction of sp³-hybridized carbons (Fsp3) is 0.302. The fourth-order valence-electron chi connectivity index (χ4n) is 6.68. The van der Waals surface area contributed by atoms with Crippen molar-refractivity contribution in [3.8, 4) is 11.5 Å². The number of nitrogens with one attached hydrogen (secondary N) is 2. The van der Waals surface area contributed by atoms with Gasteiger partial charge >= 0.3 is 13.2 Å². The van der Waals surface area contributed by atoms with Crippen molar-refractivity contribution in [2.45, 2.75) is 63.4 Å². The van der Waals surface area contributed by atoms with Crippen LogP contribution in [0.25, 0.3) is 0 Å². The highest BCUT2D eigenvalue weighted by Gasteiger charge is 2.41. The van der Waals surface area contributed by atoms with Crippen LogP contribution in [0.5, 0.6) is 11.5 Å². The maximum atomic E-state index is 12.7. The molecule has 2 aliphatic rings. The fourth-order valence-corrected chi connectivity index (χ4v) is 7.15. The lowest BCUT2D eigenvalue weighted by Gasteiger charge is -2.40. The molecular formula is C43H44Cl2F4N8O10. The van der Waals surface area contributed by atoms with E-state index in [0.717, 1.165) is 35.4 Å². The van der Waals surface area contributed by atoms with Crippen molar-refractivity contribution in [1.29, 1.82) is 0 Å². The van der Waals surface area contributed by atoms with Crippen LogP contribution in [-0.2, 0) is 37.1 Å². The Balaban J connectivity index is 0.000000251. The summed E-state index contributed by atoms with van der Waals surface area (Å²) >= 11 is 11.8. The summed E-state index contributed by atoms with van der Waals surface area (Å²) < 4.78 is 58.5. The zero-order valence-corrected chi connectivity index (χ0v) is 36.7. The minimum absolute atomic E-state index is 0.00550. The van der Waals surface area contributed by atoms with Gasteiger partial charge in [0.25, 0.3) is 11.8 Å². The molecule has 9 N–H and O–H groups in total. The van der Waals surface area contributed by atoms with Crippen molar-refractivity contribution in [2.75, 3.05) is 20.2 Å². The largest absolute Gasteiger partial charge is 0.435 e. The van der Waals surface area contributed by atoms with E-state index in [9.17, 15) is 47.0 Å². The number of carbonyl (C=O) groups excluding carboxylic acids is 4. The standard InChI is InChI=1S/C22H23ClF2N4O5.C21H21ClF2N4O5/c1-33-28-19(26)13-4-2-12(3-5-13)11-27-20(31)17-6-7-29(17)21(32)18(30)14-8-15(23)10-16(9-14)34-22(24)25;22-14-7-13(8-15(9-14)33-21(23)24)17(29)20(31)28-6-5-16(28)19(30)26-10-11-1-3-12(4-2-11)18(25)27-32/h2-5,8-10,17-18,22,30H,6-7,11H2,1H3,(H2,26,28)(H,27,31);1-4,7-9,16-17,21,29,32H,5-6,10H2,(H2,25,27)(H,26,30)/t17-,18+;16-,17+/m00/s1. The highest BCUT2D eigenvalue weighted by atomic mass is 35.5.